The summed E-state index contributed by atoms with van der Waals surface area (Å²) in [5.74, 6) is 0.0885. The van der Waals surface area contributed by atoms with Crippen molar-refractivity contribution in [1.82, 2.24) is 0 Å². The van der Waals surface area contributed by atoms with Crippen molar-refractivity contribution in [3.8, 4) is 0 Å². The van der Waals surface area contributed by atoms with Gasteiger partial charge in [-0.2, -0.15) is 11.8 Å². The summed E-state index contributed by atoms with van der Waals surface area (Å²) in [7, 11) is 0. The zero-order chi connectivity index (χ0) is 13.3. The second kappa shape index (κ2) is 8.81. The molecule has 0 unspecified atom stereocenters. The van der Waals surface area contributed by atoms with Crippen molar-refractivity contribution < 1.29 is 9.90 Å². The molecule has 0 aliphatic heterocycles. The Labute approximate surface area is 110 Å². The molecule has 0 aliphatic rings. The molecular weight excluding hydrogens is 234 g/mol. The van der Waals surface area contributed by atoms with Crippen LogP contribution in [0.25, 0.3) is 0 Å². The fourth-order valence-corrected chi connectivity index (χ4v) is 2.76. The summed E-state index contributed by atoms with van der Waals surface area (Å²) in [6, 6.07) is -0.785. The minimum absolute atomic E-state index is 0.380. The molecule has 0 saturated carbocycles. The monoisotopic (exact) mass is 261 g/mol. The zero-order valence-corrected chi connectivity index (χ0v) is 12.2. The first-order chi connectivity index (χ1) is 7.91. The number of hydrogen-bond acceptors (Lipinski definition) is 3. The first kappa shape index (κ1) is 16.8. The van der Waals surface area contributed by atoms with Gasteiger partial charge in [0.15, 0.2) is 0 Å². The van der Waals surface area contributed by atoms with Gasteiger partial charge in [-0.3, -0.25) is 4.79 Å². The van der Waals surface area contributed by atoms with Crippen molar-refractivity contribution in [2.45, 2.75) is 70.1 Å². The SMILES string of the molecule is CCCCCCCCSC(C)(C)[C@@H](N)C(=O)O. The van der Waals surface area contributed by atoms with E-state index < -0.39 is 12.0 Å². The minimum Gasteiger partial charge on any atom is -0.480 e. The lowest BCUT2D eigenvalue weighted by molar-refractivity contribution is -0.139. The molecular formula is C13H27NO2S. The summed E-state index contributed by atoms with van der Waals surface area (Å²) in [5.41, 5.74) is 5.65. The van der Waals surface area contributed by atoms with Crippen LogP contribution < -0.4 is 5.73 Å². The van der Waals surface area contributed by atoms with Crippen LogP contribution in [-0.4, -0.2) is 27.6 Å². The van der Waals surface area contributed by atoms with Gasteiger partial charge in [0, 0.05) is 4.75 Å². The lowest BCUT2D eigenvalue weighted by atomic mass is 10.1. The van der Waals surface area contributed by atoms with Gasteiger partial charge in [0.05, 0.1) is 0 Å². The lowest BCUT2D eigenvalue weighted by Gasteiger charge is -2.27. The summed E-state index contributed by atoms with van der Waals surface area (Å²) >= 11 is 1.67. The molecule has 0 aromatic heterocycles. The molecule has 0 aromatic rings. The predicted molar refractivity (Wildman–Crippen MR) is 75.5 cm³/mol. The number of aliphatic carboxylic acids is 1. The Morgan fingerprint density at radius 3 is 2.29 bits per heavy atom. The van der Waals surface area contributed by atoms with E-state index in [2.05, 4.69) is 6.92 Å². The van der Waals surface area contributed by atoms with E-state index >= 15 is 0 Å². The van der Waals surface area contributed by atoms with E-state index in [0.29, 0.717) is 0 Å². The van der Waals surface area contributed by atoms with Gasteiger partial charge in [0.2, 0.25) is 0 Å². The first-order valence-electron chi connectivity index (χ1n) is 6.54. The standard InChI is InChI=1S/C13H27NO2S/c1-4-5-6-7-8-9-10-17-13(2,3)11(14)12(15)16/h11H,4-10,14H2,1-3H3,(H,15,16)/t11-/m0/s1. The van der Waals surface area contributed by atoms with E-state index in [1.807, 2.05) is 13.8 Å². The Balaban J connectivity index is 3.62. The van der Waals surface area contributed by atoms with Crippen LogP contribution in [0, 0.1) is 0 Å². The highest BCUT2D eigenvalue weighted by Gasteiger charge is 2.32. The molecule has 0 radical (unpaired) electrons. The van der Waals surface area contributed by atoms with Crippen LogP contribution in [0.4, 0.5) is 0 Å². The van der Waals surface area contributed by atoms with Crippen molar-refractivity contribution in [2.75, 3.05) is 5.75 Å². The number of hydrogen-bond donors (Lipinski definition) is 2. The quantitative estimate of drug-likeness (QED) is 0.592. The third-order valence-corrected chi connectivity index (χ3v) is 4.48. The van der Waals surface area contributed by atoms with Gasteiger partial charge in [-0.15, -0.1) is 0 Å². The smallest absolute Gasteiger partial charge is 0.321 e. The van der Waals surface area contributed by atoms with Crippen molar-refractivity contribution in [3.05, 3.63) is 0 Å². The minimum atomic E-state index is -0.912. The van der Waals surface area contributed by atoms with E-state index in [9.17, 15) is 4.79 Å². The summed E-state index contributed by atoms with van der Waals surface area (Å²) in [6.45, 7) is 6.03. The molecule has 0 amide bonds. The second-order valence-electron chi connectivity index (χ2n) is 5.04. The number of unbranched alkanes of at least 4 members (excludes halogenated alkanes) is 5. The van der Waals surface area contributed by atoms with E-state index in [-0.39, 0.29) is 4.75 Å². The van der Waals surface area contributed by atoms with Gasteiger partial charge < -0.3 is 10.8 Å². The average molecular weight is 261 g/mol. The molecule has 1 atom stereocenters. The average Bonchev–Trinajstić information content (AvgIpc) is 2.26. The molecule has 0 spiro atoms. The fourth-order valence-electron chi connectivity index (χ4n) is 1.60. The van der Waals surface area contributed by atoms with Crippen LogP contribution >= 0.6 is 11.8 Å². The highest BCUT2D eigenvalue weighted by Crippen LogP contribution is 2.28. The molecule has 3 N–H and O–H groups in total. The van der Waals surface area contributed by atoms with Crippen molar-refractivity contribution >= 4 is 17.7 Å². The molecule has 17 heavy (non-hydrogen) atoms. The number of carboxylic acid groups (broad SMARTS) is 1. The van der Waals surface area contributed by atoms with Gasteiger partial charge in [-0.1, -0.05) is 39.0 Å². The number of carboxylic acids is 1. The fraction of sp³-hybridized carbons (Fsp3) is 0.923. The highest BCUT2D eigenvalue weighted by atomic mass is 32.2. The maximum absolute atomic E-state index is 10.8. The van der Waals surface area contributed by atoms with Crippen molar-refractivity contribution in [3.63, 3.8) is 0 Å². The van der Waals surface area contributed by atoms with E-state index in [1.54, 1.807) is 11.8 Å². The van der Waals surface area contributed by atoms with Crippen LogP contribution in [0.2, 0.25) is 0 Å². The molecule has 4 heteroatoms. The molecule has 0 aliphatic carbocycles. The van der Waals surface area contributed by atoms with E-state index in [0.717, 1.165) is 12.2 Å². The van der Waals surface area contributed by atoms with Gasteiger partial charge in [0.25, 0.3) is 0 Å². The number of carbonyl (C=O) groups is 1. The summed E-state index contributed by atoms with van der Waals surface area (Å²) in [4.78, 5) is 10.8. The largest absolute Gasteiger partial charge is 0.480 e. The topological polar surface area (TPSA) is 63.3 Å². The van der Waals surface area contributed by atoms with Crippen molar-refractivity contribution in [1.29, 1.82) is 0 Å². The van der Waals surface area contributed by atoms with Crippen LogP contribution in [-0.2, 0) is 4.79 Å². The zero-order valence-electron chi connectivity index (χ0n) is 11.4. The van der Waals surface area contributed by atoms with Crippen LogP contribution in [0.5, 0.6) is 0 Å². The molecule has 102 valence electrons. The first-order valence-corrected chi connectivity index (χ1v) is 7.52. The molecule has 0 bridgehead atoms. The molecule has 0 saturated heterocycles. The maximum Gasteiger partial charge on any atom is 0.321 e. The lowest BCUT2D eigenvalue weighted by Crippen LogP contribution is -2.46. The normalized spacial score (nSPS) is 13.6. The Kier molecular flexibility index (Phi) is 8.70. The third-order valence-electron chi connectivity index (χ3n) is 2.99. The highest BCUT2D eigenvalue weighted by molar-refractivity contribution is 8.00. The number of nitrogens with two attached hydrogens (primary N) is 1. The molecule has 3 nitrogen and oxygen atoms in total. The summed E-state index contributed by atoms with van der Waals surface area (Å²) < 4.78 is -0.380. The van der Waals surface area contributed by atoms with Crippen LogP contribution in [0.1, 0.15) is 59.3 Å². The molecule has 0 fully saturated rings. The van der Waals surface area contributed by atoms with Gasteiger partial charge >= 0.3 is 5.97 Å². The van der Waals surface area contributed by atoms with Gasteiger partial charge in [-0.05, 0) is 26.0 Å². The second-order valence-corrected chi connectivity index (χ2v) is 6.78. The molecule has 0 rings (SSSR count). The summed E-state index contributed by atoms with van der Waals surface area (Å²) in [6.07, 6.45) is 7.60. The number of thioether (sulfide) groups is 1. The van der Waals surface area contributed by atoms with E-state index in [4.69, 9.17) is 10.8 Å². The molecule has 0 aromatic carbocycles. The van der Waals surface area contributed by atoms with Gasteiger partial charge in [0.1, 0.15) is 6.04 Å². The van der Waals surface area contributed by atoms with Crippen LogP contribution in [0.15, 0.2) is 0 Å². The predicted octanol–water partition coefficient (Wildman–Crippen LogP) is 3.27. The third kappa shape index (κ3) is 7.66. The van der Waals surface area contributed by atoms with E-state index in [1.165, 1.54) is 32.1 Å². The summed E-state index contributed by atoms with van der Waals surface area (Å²) in [5, 5.41) is 8.88. The molecule has 0 heterocycles. The Bertz CT molecular complexity index is 219. The van der Waals surface area contributed by atoms with Crippen molar-refractivity contribution in [2.24, 2.45) is 5.73 Å². The van der Waals surface area contributed by atoms with Crippen LogP contribution in [0.3, 0.4) is 0 Å². The van der Waals surface area contributed by atoms with Gasteiger partial charge in [-0.25, -0.2) is 0 Å². The Morgan fingerprint density at radius 2 is 1.76 bits per heavy atom. The number of rotatable bonds is 10. The Morgan fingerprint density at radius 1 is 1.24 bits per heavy atom. The maximum atomic E-state index is 10.8. The Hall–Kier alpha value is -0.220.